The molecule has 0 bridgehead atoms. The molecule has 3 aromatic heterocycles. The highest BCUT2D eigenvalue weighted by atomic mass is 32.2. The number of aromatic nitrogens is 5. The van der Waals surface area contributed by atoms with Crippen LogP contribution in [0.2, 0.25) is 0 Å². The van der Waals surface area contributed by atoms with E-state index in [2.05, 4.69) is 31.7 Å². The first kappa shape index (κ1) is 16.3. The SMILES string of the molecule is O=C1SCCC1NCC1CCC(c2nnn3cnc4[nH]ccc4c23)CC1. The summed E-state index contributed by atoms with van der Waals surface area (Å²) >= 11 is 1.47. The van der Waals surface area contributed by atoms with Crippen LogP contribution in [0.3, 0.4) is 0 Å². The topological polar surface area (TPSA) is 88.0 Å². The number of hydrogen-bond acceptors (Lipinski definition) is 6. The molecule has 8 heteroatoms. The first-order chi connectivity index (χ1) is 12.8. The highest BCUT2D eigenvalue weighted by Gasteiger charge is 2.29. The maximum atomic E-state index is 11.7. The molecule has 0 aromatic carbocycles. The van der Waals surface area contributed by atoms with E-state index >= 15 is 0 Å². The van der Waals surface area contributed by atoms with Crippen molar-refractivity contribution in [3.05, 3.63) is 24.3 Å². The van der Waals surface area contributed by atoms with Crippen molar-refractivity contribution in [2.75, 3.05) is 12.3 Å². The van der Waals surface area contributed by atoms with E-state index in [1.165, 1.54) is 24.6 Å². The zero-order valence-corrected chi connectivity index (χ0v) is 15.3. The Labute approximate surface area is 155 Å². The van der Waals surface area contributed by atoms with E-state index in [0.29, 0.717) is 17.0 Å². The number of aromatic amines is 1. The molecule has 0 radical (unpaired) electrons. The molecule has 7 nitrogen and oxygen atoms in total. The molecule has 4 heterocycles. The van der Waals surface area contributed by atoms with Crippen molar-refractivity contribution < 1.29 is 4.79 Å². The van der Waals surface area contributed by atoms with Crippen molar-refractivity contribution in [2.45, 2.75) is 44.1 Å². The van der Waals surface area contributed by atoms with Gasteiger partial charge in [0.2, 0.25) is 5.12 Å². The second kappa shape index (κ2) is 6.66. The Morgan fingerprint density at radius 2 is 2.15 bits per heavy atom. The number of rotatable bonds is 4. The molecule has 3 aromatic rings. The van der Waals surface area contributed by atoms with E-state index in [1.807, 2.05) is 6.20 Å². The molecular weight excluding hydrogens is 348 g/mol. The van der Waals surface area contributed by atoms with Crippen molar-refractivity contribution in [1.29, 1.82) is 0 Å². The van der Waals surface area contributed by atoms with Gasteiger partial charge in [-0.25, -0.2) is 9.50 Å². The zero-order valence-electron chi connectivity index (χ0n) is 14.5. The molecule has 1 unspecified atom stereocenters. The van der Waals surface area contributed by atoms with Gasteiger partial charge in [0, 0.05) is 23.3 Å². The Kier molecular flexibility index (Phi) is 4.17. The van der Waals surface area contributed by atoms with Crippen LogP contribution in [-0.4, -0.2) is 48.3 Å². The summed E-state index contributed by atoms with van der Waals surface area (Å²) in [6.45, 7) is 0.956. The summed E-state index contributed by atoms with van der Waals surface area (Å²) in [5.41, 5.74) is 3.08. The van der Waals surface area contributed by atoms with Gasteiger partial charge in [-0.05, 0) is 50.6 Å². The quantitative estimate of drug-likeness (QED) is 0.734. The Morgan fingerprint density at radius 3 is 2.96 bits per heavy atom. The molecule has 26 heavy (non-hydrogen) atoms. The fraction of sp³-hybridized carbons (Fsp3) is 0.556. The number of thioether (sulfide) groups is 1. The van der Waals surface area contributed by atoms with Gasteiger partial charge in [0.05, 0.1) is 11.7 Å². The number of nitrogens with one attached hydrogen (secondary N) is 2. The molecule has 1 aliphatic heterocycles. The van der Waals surface area contributed by atoms with E-state index in [-0.39, 0.29) is 6.04 Å². The third kappa shape index (κ3) is 2.81. The van der Waals surface area contributed by atoms with E-state index < -0.39 is 0 Å². The average Bonchev–Trinajstić information content (AvgIpc) is 3.39. The molecule has 2 N–H and O–H groups in total. The summed E-state index contributed by atoms with van der Waals surface area (Å²) < 4.78 is 1.79. The van der Waals surface area contributed by atoms with Crippen molar-refractivity contribution in [3.63, 3.8) is 0 Å². The van der Waals surface area contributed by atoms with Gasteiger partial charge < -0.3 is 10.3 Å². The molecule has 0 spiro atoms. The lowest BCUT2D eigenvalue weighted by Crippen LogP contribution is -2.36. The van der Waals surface area contributed by atoms with Gasteiger partial charge in [-0.3, -0.25) is 4.79 Å². The number of fused-ring (bicyclic) bond motifs is 3. The molecule has 0 amide bonds. The first-order valence-electron chi connectivity index (χ1n) is 9.36. The summed E-state index contributed by atoms with van der Waals surface area (Å²) in [4.78, 5) is 19.3. The third-order valence-corrected chi connectivity index (χ3v) is 6.83. The Bertz CT molecular complexity index is 942. The number of carbonyl (C=O) groups excluding carboxylic acids is 1. The Balaban J connectivity index is 1.27. The minimum atomic E-state index is 0.0772. The van der Waals surface area contributed by atoms with Gasteiger partial charge in [0.1, 0.15) is 17.5 Å². The lowest BCUT2D eigenvalue weighted by atomic mass is 9.80. The molecule has 1 saturated carbocycles. The van der Waals surface area contributed by atoms with Gasteiger partial charge in [-0.2, -0.15) is 0 Å². The maximum absolute atomic E-state index is 11.7. The number of carbonyl (C=O) groups is 1. The highest BCUT2D eigenvalue weighted by Crippen LogP contribution is 2.37. The van der Waals surface area contributed by atoms with Gasteiger partial charge in [0.25, 0.3) is 0 Å². The lowest BCUT2D eigenvalue weighted by molar-refractivity contribution is -0.112. The first-order valence-corrected chi connectivity index (χ1v) is 10.3. The Morgan fingerprint density at radius 1 is 1.27 bits per heavy atom. The van der Waals surface area contributed by atoms with Crippen LogP contribution in [0.1, 0.15) is 43.7 Å². The molecule has 1 saturated heterocycles. The predicted octanol–water partition coefficient (Wildman–Crippen LogP) is 2.50. The average molecular weight is 370 g/mol. The van der Waals surface area contributed by atoms with Crippen LogP contribution in [0.25, 0.3) is 16.6 Å². The summed E-state index contributed by atoms with van der Waals surface area (Å²) in [6, 6.07) is 2.13. The van der Waals surface area contributed by atoms with Crippen molar-refractivity contribution in [2.24, 2.45) is 5.92 Å². The summed E-state index contributed by atoms with van der Waals surface area (Å²) in [7, 11) is 0. The van der Waals surface area contributed by atoms with Crippen LogP contribution in [0, 0.1) is 5.92 Å². The third-order valence-electron chi connectivity index (χ3n) is 5.82. The van der Waals surface area contributed by atoms with E-state index in [1.54, 1.807) is 10.8 Å². The second-order valence-corrected chi connectivity index (χ2v) is 8.49. The fourth-order valence-electron chi connectivity index (χ4n) is 4.32. The summed E-state index contributed by atoms with van der Waals surface area (Å²) in [5, 5.41) is 13.7. The monoisotopic (exact) mass is 370 g/mol. The van der Waals surface area contributed by atoms with Crippen LogP contribution >= 0.6 is 11.8 Å². The van der Waals surface area contributed by atoms with Gasteiger partial charge in [-0.15, -0.1) is 5.10 Å². The number of nitrogens with zero attached hydrogens (tertiary/aromatic N) is 4. The van der Waals surface area contributed by atoms with E-state index in [4.69, 9.17) is 0 Å². The van der Waals surface area contributed by atoms with Gasteiger partial charge in [-0.1, -0.05) is 17.0 Å². The molecule has 2 fully saturated rings. The highest BCUT2D eigenvalue weighted by molar-refractivity contribution is 8.14. The van der Waals surface area contributed by atoms with E-state index in [0.717, 1.165) is 53.8 Å². The van der Waals surface area contributed by atoms with Crippen LogP contribution in [-0.2, 0) is 4.79 Å². The normalized spacial score (nSPS) is 26.9. The van der Waals surface area contributed by atoms with E-state index in [9.17, 15) is 4.79 Å². The number of H-pyrrole nitrogens is 1. The number of hydrogen-bond donors (Lipinski definition) is 2. The molecule has 2 aliphatic rings. The van der Waals surface area contributed by atoms with Crippen LogP contribution in [0.15, 0.2) is 18.6 Å². The largest absolute Gasteiger partial charge is 0.346 e. The smallest absolute Gasteiger partial charge is 0.205 e. The van der Waals surface area contributed by atoms with Gasteiger partial charge in [0.15, 0.2) is 0 Å². The minimum Gasteiger partial charge on any atom is -0.346 e. The summed E-state index contributed by atoms with van der Waals surface area (Å²) in [5.74, 6) is 2.07. The van der Waals surface area contributed by atoms with Crippen molar-refractivity contribution in [1.82, 2.24) is 30.1 Å². The zero-order chi connectivity index (χ0) is 17.5. The second-order valence-electron chi connectivity index (χ2n) is 7.39. The molecule has 136 valence electrons. The molecular formula is C18H22N6OS. The standard InChI is InChI=1S/C18H22N6OS/c25-18-14(6-8-26-18)20-9-11-1-3-12(4-2-11)15-16-13-5-7-19-17(13)21-10-24(16)23-22-15/h5,7,10-12,14,19-20H,1-4,6,8-9H2. The van der Waals surface area contributed by atoms with Crippen molar-refractivity contribution in [3.8, 4) is 0 Å². The van der Waals surface area contributed by atoms with Gasteiger partial charge >= 0.3 is 0 Å². The summed E-state index contributed by atoms with van der Waals surface area (Å²) in [6.07, 6.45) is 9.23. The minimum absolute atomic E-state index is 0.0772. The fourth-order valence-corrected chi connectivity index (χ4v) is 5.28. The predicted molar refractivity (Wildman–Crippen MR) is 101 cm³/mol. The van der Waals surface area contributed by atoms with Crippen LogP contribution < -0.4 is 5.32 Å². The molecule has 1 atom stereocenters. The molecule has 1 aliphatic carbocycles. The maximum Gasteiger partial charge on any atom is 0.205 e. The lowest BCUT2D eigenvalue weighted by Gasteiger charge is -2.28. The van der Waals surface area contributed by atoms with Crippen LogP contribution in [0.4, 0.5) is 0 Å². The van der Waals surface area contributed by atoms with Crippen LogP contribution in [0.5, 0.6) is 0 Å². The Hall–Kier alpha value is -1.93. The molecule has 5 rings (SSSR count). The van der Waals surface area contributed by atoms with Crippen molar-refractivity contribution >= 4 is 33.4 Å².